The van der Waals surface area contributed by atoms with Crippen LogP contribution >= 0.6 is 11.6 Å². The van der Waals surface area contributed by atoms with Crippen molar-refractivity contribution in [2.45, 2.75) is 50.5 Å². The van der Waals surface area contributed by atoms with E-state index in [2.05, 4.69) is 20.2 Å². The predicted molar refractivity (Wildman–Crippen MR) is 133 cm³/mol. The highest BCUT2D eigenvalue weighted by Gasteiger charge is 2.43. The van der Waals surface area contributed by atoms with Crippen molar-refractivity contribution in [3.8, 4) is 5.75 Å². The van der Waals surface area contributed by atoms with Gasteiger partial charge in [0.2, 0.25) is 11.9 Å². The van der Waals surface area contributed by atoms with Gasteiger partial charge < -0.3 is 19.9 Å². The Balaban J connectivity index is 1.01. The molecule has 188 valence electrons. The topological polar surface area (TPSA) is 70.6 Å². The van der Waals surface area contributed by atoms with Gasteiger partial charge >= 0.3 is 0 Å². The van der Waals surface area contributed by atoms with Gasteiger partial charge in [0.15, 0.2) is 0 Å². The Kier molecular flexibility index (Phi) is 7.39. The van der Waals surface area contributed by atoms with Crippen LogP contribution in [0.3, 0.4) is 0 Å². The van der Waals surface area contributed by atoms with Gasteiger partial charge in [0.1, 0.15) is 11.6 Å². The molecule has 1 spiro atoms. The molecule has 1 atom stereocenters. The molecule has 0 radical (unpaired) electrons. The maximum atomic E-state index is 14.6. The number of anilines is 1. The summed E-state index contributed by atoms with van der Waals surface area (Å²) in [6.45, 7) is 4.95. The number of piperidine rings is 1. The van der Waals surface area contributed by atoms with Crippen LogP contribution < -0.4 is 15.0 Å². The molecule has 0 saturated carbocycles. The van der Waals surface area contributed by atoms with E-state index in [1.54, 1.807) is 24.5 Å². The first-order chi connectivity index (χ1) is 17.0. The van der Waals surface area contributed by atoms with E-state index in [1.165, 1.54) is 6.07 Å². The van der Waals surface area contributed by atoms with Crippen molar-refractivity contribution in [2.24, 2.45) is 5.92 Å². The molecule has 3 aliphatic rings. The van der Waals surface area contributed by atoms with E-state index in [0.717, 1.165) is 77.2 Å². The number of aromatic nitrogens is 2. The number of benzene rings is 1. The molecule has 1 amide bonds. The molecule has 3 saturated heterocycles. The van der Waals surface area contributed by atoms with Crippen molar-refractivity contribution in [1.29, 1.82) is 0 Å². The molecular weight excluding hydrogens is 469 g/mol. The number of hydrogen-bond donors (Lipinski definition) is 1. The molecule has 9 heteroatoms. The van der Waals surface area contributed by atoms with Crippen molar-refractivity contribution in [3.63, 3.8) is 0 Å². The van der Waals surface area contributed by atoms with Crippen molar-refractivity contribution >= 4 is 23.5 Å². The molecular formula is C26H33ClFN5O2. The number of nitrogens with one attached hydrogen (secondary N) is 1. The standard InChI is InChI=1S/C26H33ClFN5O2/c27-21-16-29-25(30-17-21)32-10-5-19(6-11-32)2-1-13-35-22-4-3-20(23(28)15-22)14-24(34)33-12-8-26(18-33)7-9-31-26/h3-4,15-17,19,31H,1-2,5-14,18H2. The minimum Gasteiger partial charge on any atom is -0.493 e. The molecule has 1 aromatic heterocycles. The molecule has 3 fully saturated rings. The van der Waals surface area contributed by atoms with E-state index in [0.29, 0.717) is 28.9 Å². The first-order valence-electron chi connectivity index (χ1n) is 12.7. The maximum absolute atomic E-state index is 14.6. The molecule has 1 N–H and O–H groups in total. The highest BCUT2D eigenvalue weighted by atomic mass is 35.5. The summed E-state index contributed by atoms with van der Waals surface area (Å²) >= 11 is 5.87. The number of carbonyl (C=O) groups is 1. The van der Waals surface area contributed by atoms with E-state index < -0.39 is 0 Å². The largest absolute Gasteiger partial charge is 0.493 e. The summed E-state index contributed by atoms with van der Waals surface area (Å²) in [5.74, 6) is 1.53. The summed E-state index contributed by atoms with van der Waals surface area (Å²) in [6.07, 6.45) is 9.67. The summed E-state index contributed by atoms with van der Waals surface area (Å²) in [4.78, 5) is 25.3. The number of nitrogens with zero attached hydrogens (tertiary/aromatic N) is 4. The SMILES string of the molecule is O=C(Cc1ccc(OCCCC2CCN(c3ncc(Cl)cn3)CC2)cc1F)N1CCC2(CCN2)C1. The van der Waals surface area contributed by atoms with E-state index in [4.69, 9.17) is 16.3 Å². The number of ether oxygens (including phenoxy) is 1. The lowest BCUT2D eigenvalue weighted by Crippen LogP contribution is -2.58. The fraction of sp³-hybridized carbons (Fsp3) is 0.577. The van der Waals surface area contributed by atoms with Crippen molar-refractivity contribution in [3.05, 3.63) is 47.0 Å². The lowest BCUT2D eigenvalue weighted by atomic mass is 9.87. The smallest absolute Gasteiger partial charge is 0.227 e. The van der Waals surface area contributed by atoms with Crippen molar-refractivity contribution in [1.82, 2.24) is 20.2 Å². The zero-order valence-corrected chi connectivity index (χ0v) is 20.8. The lowest BCUT2D eigenvalue weighted by molar-refractivity contribution is -0.129. The van der Waals surface area contributed by atoms with Crippen LogP contribution in [0.4, 0.5) is 10.3 Å². The van der Waals surface area contributed by atoms with Crippen LogP contribution in [0.15, 0.2) is 30.6 Å². The molecule has 3 aliphatic heterocycles. The first-order valence-corrected chi connectivity index (χ1v) is 13.0. The van der Waals surface area contributed by atoms with Gasteiger partial charge in [-0.1, -0.05) is 17.7 Å². The maximum Gasteiger partial charge on any atom is 0.227 e. The Morgan fingerprint density at radius 1 is 1.20 bits per heavy atom. The highest BCUT2D eigenvalue weighted by Crippen LogP contribution is 2.31. The second-order valence-corrected chi connectivity index (χ2v) is 10.5. The fourth-order valence-corrected chi connectivity index (χ4v) is 5.50. The minimum absolute atomic E-state index is 0.00295. The van der Waals surface area contributed by atoms with Gasteiger partial charge in [-0.3, -0.25) is 4.79 Å². The highest BCUT2D eigenvalue weighted by molar-refractivity contribution is 6.30. The zero-order chi connectivity index (χ0) is 24.3. The van der Waals surface area contributed by atoms with Gasteiger partial charge in [-0.25, -0.2) is 14.4 Å². The summed E-state index contributed by atoms with van der Waals surface area (Å²) in [7, 11) is 0. The molecule has 0 aliphatic carbocycles. The Morgan fingerprint density at radius 3 is 2.63 bits per heavy atom. The van der Waals surface area contributed by atoms with Crippen molar-refractivity contribution in [2.75, 3.05) is 44.2 Å². The number of halogens is 2. The number of rotatable bonds is 8. The molecule has 4 heterocycles. The monoisotopic (exact) mass is 501 g/mol. The third-order valence-corrected chi connectivity index (χ3v) is 7.90. The molecule has 2 aromatic rings. The van der Waals surface area contributed by atoms with Crippen LogP contribution in [-0.2, 0) is 11.2 Å². The minimum atomic E-state index is -0.372. The quantitative estimate of drug-likeness (QED) is 0.554. The number of hydrogen-bond acceptors (Lipinski definition) is 6. The molecule has 5 rings (SSSR count). The molecule has 1 aromatic carbocycles. The third kappa shape index (κ3) is 5.86. The average molecular weight is 502 g/mol. The molecule has 1 unspecified atom stereocenters. The zero-order valence-electron chi connectivity index (χ0n) is 20.0. The van der Waals surface area contributed by atoms with Crippen LogP contribution in [0.2, 0.25) is 5.02 Å². The van der Waals surface area contributed by atoms with Gasteiger partial charge in [0.25, 0.3) is 0 Å². The van der Waals surface area contributed by atoms with Gasteiger partial charge in [0.05, 0.1) is 30.4 Å². The third-order valence-electron chi connectivity index (χ3n) is 7.71. The van der Waals surface area contributed by atoms with Crippen LogP contribution in [-0.4, -0.2) is 65.6 Å². The Bertz CT molecular complexity index is 1020. The lowest BCUT2D eigenvalue weighted by Gasteiger charge is -2.39. The van der Waals surface area contributed by atoms with E-state index in [1.807, 2.05) is 4.90 Å². The van der Waals surface area contributed by atoms with Crippen LogP contribution in [0, 0.1) is 11.7 Å². The average Bonchev–Trinajstić information content (AvgIpc) is 3.31. The fourth-order valence-electron chi connectivity index (χ4n) is 5.40. The molecule has 35 heavy (non-hydrogen) atoms. The molecule has 0 bridgehead atoms. The summed E-state index contributed by atoms with van der Waals surface area (Å²) < 4.78 is 20.4. The first kappa shape index (κ1) is 24.3. The van der Waals surface area contributed by atoms with E-state index >= 15 is 0 Å². The van der Waals surface area contributed by atoms with E-state index in [-0.39, 0.29) is 23.7 Å². The van der Waals surface area contributed by atoms with Crippen LogP contribution in [0.5, 0.6) is 5.75 Å². The summed E-state index contributed by atoms with van der Waals surface area (Å²) in [6, 6.07) is 4.87. The normalized spacial score (nSPS) is 22.5. The second-order valence-electron chi connectivity index (χ2n) is 10.1. The number of carbonyl (C=O) groups excluding carboxylic acids is 1. The Morgan fingerprint density at radius 2 is 1.97 bits per heavy atom. The predicted octanol–water partition coefficient (Wildman–Crippen LogP) is 3.85. The van der Waals surface area contributed by atoms with Crippen molar-refractivity contribution < 1.29 is 13.9 Å². The van der Waals surface area contributed by atoms with Crippen LogP contribution in [0.1, 0.15) is 44.1 Å². The summed E-state index contributed by atoms with van der Waals surface area (Å²) in [5, 5.41) is 4.00. The number of likely N-dealkylation sites (tertiary alicyclic amines) is 1. The van der Waals surface area contributed by atoms with Crippen LogP contribution in [0.25, 0.3) is 0 Å². The summed E-state index contributed by atoms with van der Waals surface area (Å²) in [5.41, 5.74) is 0.551. The van der Waals surface area contributed by atoms with Gasteiger partial charge in [0, 0.05) is 37.8 Å². The van der Waals surface area contributed by atoms with Gasteiger partial charge in [-0.2, -0.15) is 0 Å². The Hall–Kier alpha value is -2.45. The number of amides is 1. The Labute approximate surface area is 211 Å². The second kappa shape index (κ2) is 10.7. The molecule has 7 nitrogen and oxygen atoms in total. The van der Waals surface area contributed by atoms with E-state index in [9.17, 15) is 9.18 Å². The van der Waals surface area contributed by atoms with Gasteiger partial charge in [-0.15, -0.1) is 0 Å². The van der Waals surface area contributed by atoms with Gasteiger partial charge in [-0.05, 0) is 62.6 Å².